The van der Waals surface area contributed by atoms with Crippen molar-refractivity contribution in [2.24, 2.45) is 11.8 Å². The van der Waals surface area contributed by atoms with Gasteiger partial charge in [0.1, 0.15) is 17.7 Å². The number of halogens is 3. The Morgan fingerprint density at radius 1 is 1.24 bits per heavy atom. The molecule has 2 aromatic carbocycles. The fourth-order valence-corrected chi connectivity index (χ4v) is 4.79. The predicted molar refractivity (Wildman–Crippen MR) is 114 cm³/mol. The number of nitrogens with one attached hydrogen (secondary N) is 2. The van der Waals surface area contributed by atoms with Crippen LogP contribution in [-0.4, -0.2) is 27.6 Å². The molecule has 172 valence electrons. The minimum absolute atomic E-state index is 0.0995. The molecule has 1 fully saturated rings. The molecule has 0 radical (unpaired) electrons. The maximum Gasteiger partial charge on any atom is 0.275 e. The highest BCUT2D eigenvalue weighted by molar-refractivity contribution is 6.02. The first-order valence-corrected chi connectivity index (χ1v) is 10.6. The van der Waals surface area contributed by atoms with E-state index in [9.17, 15) is 22.8 Å². The smallest absolute Gasteiger partial charge is 0.275 e. The van der Waals surface area contributed by atoms with Gasteiger partial charge < -0.3 is 10.6 Å². The molecule has 2 amide bonds. The van der Waals surface area contributed by atoms with E-state index < -0.39 is 46.9 Å². The van der Waals surface area contributed by atoms with Gasteiger partial charge in [0.05, 0.1) is 30.1 Å². The van der Waals surface area contributed by atoms with Crippen molar-refractivity contribution >= 4 is 17.5 Å². The predicted octanol–water partition coefficient (Wildman–Crippen LogP) is 3.32. The van der Waals surface area contributed by atoms with Crippen molar-refractivity contribution in [2.75, 3.05) is 5.32 Å². The quantitative estimate of drug-likeness (QED) is 0.618. The average Bonchev–Trinajstić information content (AvgIpc) is 3.34. The largest absolute Gasteiger partial charge is 0.338 e. The maximum absolute atomic E-state index is 14.5. The summed E-state index contributed by atoms with van der Waals surface area (Å²) in [5.41, 5.74) is 0.881. The summed E-state index contributed by atoms with van der Waals surface area (Å²) in [5, 5.41) is 18.0. The fraction of sp³-hybridized carbons (Fsp3) is 0.250. The van der Waals surface area contributed by atoms with E-state index in [1.54, 1.807) is 24.3 Å². The van der Waals surface area contributed by atoms with Crippen LogP contribution in [0.25, 0.3) is 0 Å². The number of nitriles is 1. The van der Waals surface area contributed by atoms with E-state index in [0.29, 0.717) is 22.8 Å². The molecule has 7 nitrogen and oxygen atoms in total. The fourth-order valence-electron chi connectivity index (χ4n) is 4.79. The number of anilines is 1. The topological polar surface area (TPSA) is 99.8 Å². The Hall–Kier alpha value is -4.13. The van der Waals surface area contributed by atoms with E-state index in [4.69, 9.17) is 5.26 Å². The number of hydrogen-bond donors (Lipinski definition) is 2. The summed E-state index contributed by atoms with van der Waals surface area (Å²) in [7, 11) is 0. The maximum atomic E-state index is 14.5. The monoisotopic (exact) mass is 465 g/mol. The van der Waals surface area contributed by atoms with Gasteiger partial charge in [-0.15, -0.1) is 0 Å². The Morgan fingerprint density at radius 2 is 2.03 bits per heavy atom. The molecule has 2 aliphatic rings. The van der Waals surface area contributed by atoms with E-state index >= 15 is 0 Å². The minimum Gasteiger partial charge on any atom is -0.338 e. The number of rotatable bonds is 4. The highest BCUT2D eigenvalue weighted by Crippen LogP contribution is 2.59. The molecule has 1 aromatic heterocycles. The molecular formula is C24H18F3N5O2. The summed E-state index contributed by atoms with van der Waals surface area (Å²) in [4.78, 5) is 25.7. The molecule has 34 heavy (non-hydrogen) atoms. The van der Waals surface area contributed by atoms with Gasteiger partial charge in [-0.1, -0.05) is 19.1 Å². The zero-order chi connectivity index (χ0) is 24.1. The van der Waals surface area contributed by atoms with Crippen LogP contribution in [0.3, 0.4) is 0 Å². The Balaban J connectivity index is 1.36. The average molecular weight is 465 g/mol. The van der Waals surface area contributed by atoms with Crippen LogP contribution in [0.15, 0.2) is 42.6 Å². The third-order valence-electron chi connectivity index (χ3n) is 6.43. The number of benzene rings is 2. The summed E-state index contributed by atoms with van der Waals surface area (Å²) in [6.45, 7) is 1.95. The first kappa shape index (κ1) is 21.7. The molecule has 1 saturated carbocycles. The summed E-state index contributed by atoms with van der Waals surface area (Å²) in [6, 6.07) is 9.51. The zero-order valence-corrected chi connectivity index (χ0v) is 17.8. The normalized spacial score (nSPS) is 22.6. The van der Waals surface area contributed by atoms with Gasteiger partial charge in [-0.2, -0.15) is 10.4 Å². The van der Waals surface area contributed by atoms with Gasteiger partial charge in [0.15, 0.2) is 11.5 Å². The molecule has 0 saturated heterocycles. The standard InChI is InChI=1S/C24H18F3N5O2/c1-11-18-15-6-14(25)7-16(26)20(15)29-24(34)22(19(11)18)30-23(33)21-17(27)10-32(31-21)9-13-4-2-3-12(5-13)8-28/h2-7,10-11,18-19,22H,9H2,1H3,(H,29,34)(H,30,33)/t11-,18-,19-,22-/m0/s1. The molecule has 4 atom stereocenters. The van der Waals surface area contributed by atoms with Crippen molar-refractivity contribution in [3.05, 3.63) is 82.4 Å². The van der Waals surface area contributed by atoms with Crippen LogP contribution in [-0.2, 0) is 11.3 Å². The van der Waals surface area contributed by atoms with Crippen molar-refractivity contribution in [3.63, 3.8) is 0 Å². The number of nitrogens with zero attached hydrogens (tertiary/aromatic N) is 3. The second-order valence-corrected chi connectivity index (χ2v) is 8.59. The molecule has 3 aromatic rings. The van der Waals surface area contributed by atoms with Crippen molar-refractivity contribution < 1.29 is 22.8 Å². The SMILES string of the molecule is C[C@H]1[C@H]2c3cc(F)cc(F)c3NC(=O)[C@@H](NC(=O)c3nn(Cc4cccc(C#N)c4)cc3F)[C@@H]12. The van der Waals surface area contributed by atoms with Crippen LogP contribution in [0.5, 0.6) is 0 Å². The van der Waals surface area contributed by atoms with Gasteiger partial charge in [-0.25, -0.2) is 13.2 Å². The number of carbonyl (C=O) groups excluding carboxylic acids is 2. The third kappa shape index (κ3) is 3.69. The van der Waals surface area contributed by atoms with Gasteiger partial charge in [0.25, 0.3) is 5.91 Å². The molecule has 2 heterocycles. The van der Waals surface area contributed by atoms with Crippen LogP contribution < -0.4 is 10.6 Å². The van der Waals surface area contributed by atoms with Crippen molar-refractivity contribution in [1.29, 1.82) is 5.26 Å². The van der Waals surface area contributed by atoms with Crippen LogP contribution in [0, 0.1) is 40.6 Å². The van der Waals surface area contributed by atoms with E-state index in [-0.39, 0.29) is 24.1 Å². The lowest BCUT2D eigenvalue weighted by molar-refractivity contribution is -0.118. The lowest BCUT2D eigenvalue weighted by Crippen LogP contribution is -2.45. The molecule has 1 aliphatic carbocycles. The first-order valence-electron chi connectivity index (χ1n) is 10.6. The third-order valence-corrected chi connectivity index (χ3v) is 6.43. The number of amides is 2. The lowest BCUT2D eigenvalue weighted by atomic mass is 10.0. The summed E-state index contributed by atoms with van der Waals surface area (Å²) in [5.74, 6) is -4.92. The van der Waals surface area contributed by atoms with Gasteiger partial charge in [-0.3, -0.25) is 14.3 Å². The molecule has 10 heteroatoms. The number of carbonyl (C=O) groups is 2. The second-order valence-electron chi connectivity index (χ2n) is 8.59. The molecule has 5 rings (SSSR count). The minimum atomic E-state index is -1.07. The Kier molecular flexibility index (Phi) is 5.12. The highest BCUT2D eigenvalue weighted by Gasteiger charge is 2.57. The highest BCUT2D eigenvalue weighted by atomic mass is 19.1. The van der Waals surface area contributed by atoms with Crippen molar-refractivity contribution in [3.8, 4) is 6.07 Å². The number of aromatic nitrogens is 2. The van der Waals surface area contributed by atoms with Gasteiger partial charge >= 0.3 is 0 Å². The second kappa shape index (κ2) is 8.02. The van der Waals surface area contributed by atoms with Crippen molar-refractivity contribution in [1.82, 2.24) is 15.1 Å². The first-order chi connectivity index (χ1) is 16.3. The molecule has 0 unspecified atom stereocenters. The van der Waals surface area contributed by atoms with Gasteiger partial charge in [0, 0.05) is 6.07 Å². The van der Waals surface area contributed by atoms with Gasteiger partial charge in [0.2, 0.25) is 5.91 Å². The Bertz CT molecular complexity index is 1380. The van der Waals surface area contributed by atoms with E-state index in [1.807, 2.05) is 13.0 Å². The van der Waals surface area contributed by atoms with Crippen molar-refractivity contribution in [2.45, 2.75) is 25.4 Å². The molecule has 1 aliphatic heterocycles. The molecule has 0 spiro atoms. The summed E-state index contributed by atoms with van der Waals surface area (Å²) in [6.07, 6.45) is 1.05. The molecule has 2 N–H and O–H groups in total. The summed E-state index contributed by atoms with van der Waals surface area (Å²) >= 11 is 0. The van der Waals surface area contributed by atoms with Crippen LogP contribution in [0.4, 0.5) is 18.9 Å². The van der Waals surface area contributed by atoms with Crippen LogP contribution in [0.2, 0.25) is 0 Å². The van der Waals surface area contributed by atoms with E-state index in [2.05, 4.69) is 15.7 Å². The lowest BCUT2D eigenvalue weighted by Gasteiger charge is -2.17. The Morgan fingerprint density at radius 3 is 2.79 bits per heavy atom. The molecule has 0 bridgehead atoms. The zero-order valence-electron chi connectivity index (χ0n) is 17.8. The Labute approximate surface area is 192 Å². The van der Waals surface area contributed by atoms with Crippen LogP contribution in [0.1, 0.15) is 40.0 Å². The number of fused-ring (bicyclic) bond motifs is 3. The molecular weight excluding hydrogens is 447 g/mol. The number of hydrogen-bond acceptors (Lipinski definition) is 4. The van der Waals surface area contributed by atoms with Gasteiger partial charge in [-0.05, 0) is 47.1 Å². The summed E-state index contributed by atoms with van der Waals surface area (Å²) < 4.78 is 43.9. The van der Waals surface area contributed by atoms with Crippen LogP contribution >= 0.6 is 0 Å². The van der Waals surface area contributed by atoms with E-state index in [0.717, 1.165) is 6.20 Å². The van der Waals surface area contributed by atoms with E-state index in [1.165, 1.54) is 10.7 Å².